The maximum absolute atomic E-state index is 12.6. The molecule has 0 aliphatic carbocycles. The molecule has 0 atom stereocenters. The van der Waals surface area contributed by atoms with Gasteiger partial charge < -0.3 is 9.84 Å². The van der Waals surface area contributed by atoms with Crippen molar-refractivity contribution in [1.29, 1.82) is 5.26 Å². The van der Waals surface area contributed by atoms with Crippen LogP contribution in [-0.4, -0.2) is 23.2 Å². The first-order valence-corrected chi connectivity index (χ1v) is 4.01. The van der Waals surface area contributed by atoms with Gasteiger partial charge >= 0.3 is 5.97 Å². The summed E-state index contributed by atoms with van der Waals surface area (Å²) in [6.07, 6.45) is -2.22. The Morgan fingerprint density at radius 1 is 1.69 bits per heavy atom. The molecule has 0 aliphatic heterocycles. The molecule has 0 amide bonds. The van der Waals surface area contributed by atoms with Gasteiger partial charge in [-0.15, -0.1) is 0 Å². The van der Waals surface area contributed by atoms with Crippen LogP contribution in [0.3, 0.4) is 0 Å². The van der Waals surface area contributed by atoms with Crippen LogP contribution in [0, 0.1) is 11.3 Å². The molecule has 0 aliphatic rings. The summed E-state index contributed by atoms with van der Waals surface area (Å²) in [4.78, 5) is 14.1. The van der Waals surface area contributed by atoms with Crippen molar-refractivity contribution >= 4 is 5.97 Å². The molecule has 1 heterocycles. The predicted molar refractivity (Wildman–Crippen MR) is 47.4 cm³/mol. The fraction of sp³-hybridized carbons (Fsp3) is 0.222. The van der Waals surface area contributed by atoms with E-state index in [1.165, 1.54) is 6.07 Å². The van der Waals surface area contributed by atoms with Crippen molar-refractivity contribution in [2.24, 2.45) is 0 Å². The van der Waals surface area contributed by atoms with Gasteiger partial charge in [0.15, 0.2) is 5.69 Å². The number of alkyl halides is 2. The van der Waals surface area contributed by atoms with E-state index in [0.29, 0.717) is 0 Å². The minimum Gasteiger partial charge on any atom is -0.495 e. The Hall–Kier alpha value is -2.23. The van der Waals surface area contributed by atoms with Gasteiger partial charge in [-0.3, -0.25) is 0 Å². The molecule has 7 heteroatoms. The lowest BCUT2D eigenvalue weighted by Crippen LogP contribution is -2.07. The van der Waals surface area contributed by atoms with Crippen molar-refractivity contribution in [3.05, 3.63) is 23.0 Å². The summed E-state index contributed by atoms with van der Waals surface area (Å²) in [5, 5.41) is 17.3. The second kappa shape index (κ2) is 4.53. The van der Waals surface area contributed by atoms with Crippen LogP contribution in [-0.2, 0) is 0 Å². The summed E-state index contributed by atoms with van der Waals surface area (Å²) in [6, 6.07) is 1.45. The lowest BCUT2D eigenvalue weighted by Gasteiger charge is -2.10. The van der Waals surface area contributed by atoms with Crippen molar-refractivity contribution in [3.8, 4) is 11.8 Å². The van der Waals surface area contributed by atoms with E-state index in [9.17, 15) is 13.6 Å². The van der Waals surface area contributed by atoms with Crippen molar-refractivity contribution < 1.29 is 23.4 Å². The number of methoxy groups -OCH3 is 1. The number of aromatic nitrogens is 1. The van der Waals surface area contributed by atoms with Gasteiger partial charge in [-0.1, -0.05) is 0 Å². The van der Waals surface area contributed by atoms with Crippen LogP contribution >= 0.6 is 0 Å². The van der Waals surface area contributed by atoms with Crippen LogP contribution in [0.4, 0.5) is 8.78 Å². The first kappa shape index (κ1) is 11.8. The molecule has 16 heavy (non-hydrogen) atoms. The zero-order valence-electron chi connectivity index (χ0n) is 8.07. The Morgan fingerprint density at radius 3 is 2.69 bits per heavy atom. The van der Waals surface area contributed by atoms with E-state index in [4.69, 9.17) is 10.4 Å². The molecule has 0 fully saturated rings. The van der Waals surface area contributed by atoms with Gasteiger partial charge in [0.25, 0.3) is 6.43 Å². The Balaban J connectivity index is 3.57. The highest BCUT2D eigenvalue weighted by molar-refractivity contribution is 5.91. The van der Waals surface area contributed by atoms with Crippen LogP contribution in [0.5, 0.6) is 5.75 Å². The van der Waals surface area contributed by atoms with E-state index in [2.05, 4.69) is 9.72 Å². The van der Waals surface area contributed by atoms with Gasteiger partial charge in [-0.05, 0) is 0 Å². The average molecular weight is 228 g/mol. The number of nitriles is 1. The average Bonchev–Trinajstić information content (AvgIpc) is 2.26. The van der Waals surface area contributed by atoms with Gasteiger partial charge in [0.1, 0.15) is 17.4 Å². The molecular weight excluding hydrogens is 222 g/mol. The first-order valence-electron chi connectivity index (χ1n) is 4.01. The fourth-order valence-corrected chi connectivity index (χ4v) is 1.17. The van der Waals surface area contributed by atoms with E-state index in [-0.39, 0.29) is 0 Å². The van der Waals surface area contributed by atoms with Crippen LogP contribution in [0.15, 0.2) is 6.20 Å². The molecule has 5 nitrogen and oxygen atoms in total. The van der Waals surface area contributed by atoms with Crippen molar-refractivity contribution in [2.45, 2.75) is 6.43 Å². The Kier molecular flexibility index (Phi) is 3.35. The molecule has 0 saturated carbocycles. The second-order valence-corrected chi connectivity index (χ2v) is 2.69. The zero-order chi connectivity index (χ0) is 12.3. The monoisotopic (exact) mass is 228 g/mol. The summed E-state index contributed by atoms with van der Waals surface area (Å²) in [5.74, 6) is -1.98. The lowest BCUT2D eigenvalue weighted by atomic mass is 10.1. The largest absolute Gasteiger partial charge is 0.495 e. The molecule has 84 valence electrons. The van der Waals surface area contributed by atoms with E-state index >= 15 is 0 Å². The van der Waals surface area contributed by atoms with Crippen molar-refractivity contribution in [3.63, 3.8) is 0 Å². The molecule has 0 bridgehead atoms. The van der Waals surface area contributed by atoms with Gasteiger partial charge in [0.05, 0.1) is 12.7 Å². The molecule has 1 rings (SSSR count). The molecule has 0 aromatic carbocycles. The standard InChI is InChI=1S/C9H6F2N2O3/c1-16-7-4(9(14)15)3-13-5(2-12)6(7)8(10)11/h3,8H,1H3,(H,14,15). The third-order valence-corrected chi connectivity index (χ3v) is 1.83. The number of hydrogen-bond acceptors (Lipinski definition) is 4. The number of halogens is 2. The van der Waals surface area contributed by atoms with E-state index < -0.39 is 35.0 Å². The molecule has 1 aromatic rings. The minimum absolute atomic E-state index is 0.503. The lowest BCUT2D eigenvalue weighted by molar-refractivity contribution is 0.0691. The topological polar surface area (TPSA) is 83.2 Å². The summed E-state index contributed by atoms with van der Waals surface area (Å²) in [6.45, 7) is 0. The van der Waals surface area contributed by atoms with E-state index in [1.54, 1.807) is 0 Å². The zero-order valence-corrected chi connectivity index (χ0v) is 8.07. The fourth-order valence-electron chi connectivity index (χ4n) is 1.17. The molecule has 1 N–H and O–H groups in total. The second-order valence-electron chi connectivity index (χ2n) is 2.69. The summed E-state index contributed by atoms with van der Waals surface area (Å²) in [7, 11) is 1.05. The van der Waals surface area contributed by atoms with Crippen LogP contribution in [0.25, 0.3) is 0 Å². The number of rotatable bonds is 3. The smallest absolute Gasteiger partial charge is 0.341 e. The number of carboxylic acids is 1. The van der Waals surface area contributed by atoms with E-state index in [1.807, 2.05) is 0 Å². The SMILES string of the molecule is COc1c(C(=O)O)cnc(C#N)c1C(F)F. The number of aromatic carboxylic acids is 1. The van der Waals surface area contributed by atoms with E-state index in [0.717, 1.165) is 13.3 Å². The van der Waals surface area contributed by atoms with Crippen molar-refractivity contribution in [1.82, 2.24) is 4.98 Å². The molecule has 0 unspecified atom stereocenters. The molecule has 0 radical (unpaired) electrons. The quantitative estimate of drug-likeness (QED) is 0.849. The van der Waals surface area contributed by atoms with Crippen LogP contribution < -0.4 is 4.74 Å². The highest BCUT2D eigenvalue weighted by Crippen LogP contribution is 2.33. The Bertz CT molecular complexity index is 469. The first-order chi connectivity index (χ1) is 7.52. The third kappa shape index (κ3) is 1.91. The third-order valence-electron chi connectivity index (χ3n) is 1.83. The maximum atomic E-state index is 12.6. The highest BCUT2D eigenvalue weighted by atomic mass is 19.3. The van der Waals surface area contributed by atoms with Crippen LogP contribution in [0.1, 0.15) is 28.0 Å². The predicted octanol–water partition coefficient (Wildman–Crippen LogP) is 1.60. The van der Waals surface area contributed by atoms with Gasteiger partial charge in [0.2, 0.25) is 0 Å². The number of pyridine rings is 1. The minimum atomic E-state index is -3.03. The Morgan fingerprint density at radius 2 is 2.31 bits per heavy atom. The van der Waals surface area contributed by atoms with Crippen LogP contribution in [0.2, 0.25) is 0 Å². The summed E-state index contributed by atoms with van der Waals surface area (Å²) < 4.78 is 29.9. The molecule has 0 spiro atoms. The summed E-state index contributed by atoms with van der Waals surface area (Å²) in [5.41, 5.74) is -1.85. The van der Waals surface area contributed by atoms with Gasteiger partial charge in [0, 0.05) is 6.20 Å². The Labute approximate surface area is 88.9 Å². The normalized spacial score (nSPS) is 9.94. The van der Waals surface area contributed by atoms with Gasteiger partial charge in [-0.25, -0.2) is 18.6 Å². The number of carbonyl (C=O) groups is 1. The number of carboxylic acid groups (broad SMARTS) is 1. The number of hydrogen-bond donors (Lipinski definition) is 1. The number of ether oxygens (including phenoxy) is 1. The number of nitrogens with zero attached hydrogens (tertiary/aromatic N) is 2. The summed E-state index contributed by atoms with van der Waals surface area (Å²) >= 11 is 0. The molecule has 0 saturated heterocycles. The molecular formula is C9H6F2N2O3. The maximum Gasteiger partial charge on any atom is 0.341 e. The van der Waals surface area contributed by atoms with Gasteiger partial charge in [-0.2, -0.15) is 5.26 Å². The molecule has 1 aromatic heterocycles. The highest BCUT2D eigenvalue weighted by Gasteiger charge is 2.25. The van der Waals surface area contributed by atoms with Crippen molar-refractivity contribution in [2.75, 3.05) is 7.11 Å².